The van der Waals surface area contributed by atoms with Gasteiger partial charge in [-0.05, 0) is 55.0 Å². The van der Waals surface area contributed by atoms with Crippen LogP contribution < -0.4 is 10.1 Å². The molecule has 5 rings (SSSR count). The van der Waals surface area contributed by atoms with E-state index in [-0.39, 0.29) is 11.8 Å². The van der Waals surface area contributed by atoms with Crippen LogP contribution in [0.5, 0.6) is 5.88 Å². The molecule has 1 saturated heterocycles. The molecular formula is C28H30ClN3O2. The van der Waals surface area contributed by atoms with Gasteiger partial charge >= 0.3 is 0 Å². The van der Waals surface area contributed by atoms with Gasteiger partial charge in [-0.1, -0.05) is 54.1 Å². The number of nitrogens with zero attached hydrogens (tertiary/aromatic N) is 2. The van der Waals surface area contributed by atoms with E-state index in [1.54, 1.807) is 14.2 Å². The molecule has 0 spiro atoms. The number of carbonyl (C=O) groups excluding carboxylic acids is 1. The Morgan fingerprint density at radius 2 is 1.91 bits per heavy atom. The van der Waals surface area contributed by atoms with Crippen LogP contribution in [-0.4, -0.2) is 43.0 Å². The fourth-order valence-corrected chi connectivity index (χ4v) is 5.69. The van der Waals surface area contributed by atoms with E-state index < -0.39 is 0 Å². The molecule has 1 aliphatic carbocycles. The van der Waals surface area contributed by atoms with Gasteiger partial charge in [-0.3, -0.25) is 9.69 Å². The molecular weight excluding hydrogens is 446 g/mol. The number of pyridine rings is 1. The minimum Gasteiger partial charge on any atom is -0.481 e. The van der Waals surface area contributed by atoms with Crippen LogP contribution in [0.15, 0.2) is 48.5 Å². The summed E-state index contributed by atoms with van der Waals surface area (Å²) >= 11 is 6.98. The average Bonchev–Trinajstić information content (AvgIpc) is 3.54. The average molecular weight is 476 g/mol. The van der Waals surface area contributed by atoms with Crippen molar-refractivity contribution < 1.29 is 9.53 Å². The molecule has 1 aliphatic heterocycles. The molecule has 6 heteroatoms. The van der Waals surface area contributed by atoms with E-state index in [4.69, 9.17) is 21.3 Å². The van der Waals surface area contributed by atoms with Gasteiger partial charge in [0.05, 0.1) is 23.7 Å². The summed E-state index contributed by atoms with van der Waals surface area (Å²) in [5.41, 5.74) is 7.85. The van der Waals surface area contributed by atoms with Gasteiger partial charge in [0.25, 0.3) is 0 Å². The monoisotopic (exact) mass is 475 g/mol. The third kappa shape index (κ3) is 4.30. The highest BCUT2D eigenvalue weighted by atomic mass is 35.5. The molecule has 34 heavy (non-hydrogen) atoms. The minimum absolute atomic E-state index is 0.0456. The zero-order chi connectivity index (χ0) is 23.7. The second-order valence-electron chi connectivity index (χ2n) is 9.16. The Morgan fingerprint density at radius 1 is 1.12 bits per heavy atom. The molecule has 1 N–H and O–H groups in total. The van der Waals surface area contributed by atoms with Gasteiger partial charge in [-0.25, -0.2) is 4.98 Å². The predicted octanol–water partition coefficient (Wildman–Crippen LogP) is 5.13. The summed E-state index contributed by atoms with van der Waals surface area (Å²) in [4.78, 5) is 19.1. The van der Waals surface area contributed by atoms with E-state index in [0.29, 0.717) is 12.4 Å². The molecule has 1 atom stereocenters. The number of benzene rings is 2. The number of aryl methyl sites for hydroxylation is 1. The van der Waals surface area contributed by atoms with Crippen LogP contribution in [0.4, 0.5) is 0 Å². The third-order valence-electron chi connectivity index (χ3n) is 7.13. The second kappa shape index (κ2) is 9.77. The fourth-order valence-electron chi connectivity index (χ4n) is 5.36. The summed E-state index contributed by atoms with van der Waals surface area (Å²) in [6.07, 6.45) is 4.32. The molecule has 2 heterocycles. The van der Waals surface area contributed by atoms with E-state index in [2.05, 4.69) is 46.6 Å². The Kier molecular flexibility index (Phi) is 6.57. The molecule has 2 aliphatic rings. The van der Waals surface area contributed by atoms with E-state index >= 15 is 0 Å². The lowest BCUT2D eigenvalue weighted by molar-refractivity contribution is -0.124. The van der Waals surface area contributed by atoms with Crippen molar-refractivity contribution in [2.24, 2.45) is 5.92 Å². The Bertz CT molecular complexity index is 1230. The molecule has 5 nitrogen and oxygen atoms in total. The van der Waals surface area contributed by atoms with Crippen LogP contribution in [0.1, 0.15) is 29.5 Å². The van der Waals surface area contributed by atoms with Crippen molar-refractivity contribution in [3.63, 3.8) is 0 Å². The maximum atomic E-state index is 12.0. The summed E-state index contributed by atoms with van der Waals surface area (Å²) in [5.74, 6) is 0.758. The van der Waals surface area contributed by atoms with Gasteiger partial charge in [0.1, 0.15) is 0 Å². The van der Waals surface area contributed by atoms with Crippen molar-refractivity contribution in [3.05, 3.63) is 70.2 Å². The first-order valence-electron chi connectivity index (χ1n) is 12.0. The van der Waals surface area contributed by atoms with Crippen molar-refractivity contribution >= 4 is 17.5 Å². The maximum Gasteiger partial charge on any atom is 0.224 e. The Morgan fingerprint density at radius 3 is 2.74 bits per heavy atom. The Hall–Kier alpha value is -2.89. The number of halogens is 1. The van der Waals surface area contributed by atoms with Crippen LogP contribution in [0, 0.1) is 5.92 Å². The van der Waals surface area contributed by atoms with Gasteiger partial charge in [0.15, 0.2) is 0 Å². The number of hydrogen-bond acceptors (Lipinski definition) is 4. The Labute approximate surface area is 206 Å². The van der Waals surface area contributed by atoms with Crippen molar-refractivity contribution in [3.8, 4) is 28.3 Å². The Balaban J connectivity index is 1.43. The van der Waals surface area contributed by atoms with Crippen LogP contribution in [0.3, 0.4) is 0 Å². The number of likely N-dealkylation sites (tertiary alicyclic amines) is 1. The molecule has 1 amide bonds. The SMILES string of the molecule is CNC(=O)C1CCN(Cc2ccc(-c3cccc(-c4cccc5c4CCC5)c3Cl)nc2OC)C1. The molecule has 0 radical (unpaired) electrons. The van der Waals surface area contributed by atoms with Crippen LogP contribution in [0.2, 0.25) is 5.02 Å². The first-order valence-corrected chi connectivity index (χ1v) is 12.3. The largest absolute Gasteiger partial charge is 0.481 e. The molecule has 1 fully saturated rings. The standard InChI is InChI=1S/C28H30ClN3O2/c1-30-27(33)19-14-15-32(16-19)17-20-12-13-25(31-28(20)34-2)24-11-5-10-23(26(24)29)22-9-4-7-18-6-3-8-21(18)22/h4-5,7,9-13,19H,3,6,8,14-17H2,1-2H3,(H,30,33). The zero-order valence-corrected chi connectivity index (χ0v) is 20.5. The quantitative estimate of drug-likeness (QED) is 0.536. The molecule has 1 unspecified atom stereocenters. The molecule has 2 aromatic carbocycles. The van der Waals surface area contributed by atoms with Gasteiger partial charge in [0, 0.05) is 36.8 Å². The molecule has 176 valence electrons. The minimum atomic E-state index is 0.0456. The lowest BCUT2D eigenvalue weighted by atomic mass is 9.95. The number of carbonyl (C=O) groups is 1. The maximum absolute atomic E-state index is 12.0. The van der Waals surface area contributed by atoms with E-state index in [1.807, 2.05) is 12.1 Å². The number of fused-ring (bicyclic) bond motifs is 1. The number of rotatable bonds is 6. The molecule has 1 aromatic heterocycles. The van der Waals surface area contributed by atoms with Gasteiger partial charge in [-0.15, -0.1) is 0 Å². The topological polar surface area (TPSA) is 54.5 Å². The number of hydrogen-bond donors (Lipinski definition) is 1. The normalized spacial score (nSPS) is 17.6. The van der Waals surface area contributed by atoms with Crippen molar-refractivity contribution in [1.29, 1.82) is 0 Å². The smallest absolute Gasteiger partial charge is 0.224 e. The lowest BCUT2D eigenvalue weighted by Crippen LogP contribution is -2.30. The molecule has 3 aromatic rings. The van der Waals surface area contributed by atoms with E-state index in [0.717, 1.165) is 59.8 Å². The van der Waals surface area contributed by atoms with Gasteiger partial charge < -0.3 is 10.1 Å². The first-order chi connectivity index (χ1) is 16.6. The summed E-state index contributed by atoms with van der Waals surface area (Å²) < 4.78 is 5.67. The van der Waals surface area contributed by atoms with Crippen LogP contribution in [0.25, 0.3) is 22.4 Å². The summed E-state index contributed by atoms with van der Waals surface area (Å²) in [5, 5.41) is 3.48. The summed E-state index contributed by atoms with van der Waals surface area (Å²) in [7, 11) is 3.35. The van der Waals surface area contributed by atoms with Crippen molar-refractivity contribution in [2.75, 3.05) is 27.2 Å². The van der Waals surface area contributed by atoms with Gasteiger partial charge in [-0.2, -0.15) is 0 Å². The highest BCUT2D eigenvalue weighted by Gasteiger charge is 2.28. The number of amides is 1. The summed E-state index contributed by atoms with van der Waals surface area (Å²) in [6.45, 7) is 2.34. The van der Waals surface area contributed by atoms with Crippen LogP contribution >= 0.6 is 11.6 Å². The highest BCUT2D eigenvalue weighted by molar-refractivity contribution is 6.36. The number of nitrogens with one attached hydrogen (secondary N) is 1. The zero-order valence-electron chi connectivity index (χ0n) is 19.7. The second-order valence-corrected chi connectivity index (χ2v) is 9.54. The number of methoxy groups -OCH3 is 1. The molecule has 0 saturated carbocycles. The molecule has 0 bridgehead atoms. The number of aromatic nitrogens is 1. The predicted molar refractivity (Wildman–Crippen MR) is 136 cm³/mol. The highest BCUT2D eigenvalue weighted by Crippen LogP contribution is 2.40. The van der Waals surface area contributed by atoms with E-state index in [9.17, 15) is 4.79 Å². The van der Waals surface area contributed by atoms with Crippen molar-refractivity contribution in [2.45, 2.75) is 32.2 Å². The fraction of sp³-hybridized carbons (Fsp3) is 0.357. The number of ether oxygens (including phenoxy) is 1. The first kappa shape index (κ1) is 22.9. The van der Waals surface area contributed by atoms with E-state index in [1.165, 1.54) is 23.1 Å². The lowest BCUT2D eigenvalue weighted by Gasteiger charge is -2.18. The van der Waals surface area contributed by atoms with Gasteiger partial charge in [0.2, 0.25) is 11.8 Å². The third-order valence-corrected chi connectivity index (χ3v) is 7.53. The van der Waals surface area contributed by atoms with Crippen LogP contribution in [-0.2, 0) is 24.2 Å². The van der Waals surface area contributed by atoms with Crippen molar-refractivity contribution in [1.82, 2.24) is 15.2 Å². The summed E-state index contributed by atoms with van der Waals surface area (Å²) in [6, 6.07) is 16.8.